The second-order valence-corrected chi connectivity index (χ2v) is 8.57. The Bertz CT molecular complexity index is 1340. The van der Waals surface area contributed by atoms with E-state index >= 15 is 0 Å². The summed E-state index contributed by atoms with van der Waals surface area (Å²) in [6.45, 7) is 1.85. The number of aromatic nitrogens is 3. The highest BCUT2D eigenvalue weighted by molar-refractivity contribution is 7.90. The van der Waals surface area contributed by atoms with E-state index in [-0.39, 0.29) is 4.90 Å². The van der Waals surface area contributed by atoms with Crippen LogP contribution in [0.25, 0.3) is 21.9 Å². The van der Waals surface area contributed by atoms with Gasteiger partial charge in [-0.1, -0.05) is 0 Å². The van der Waals surface area contributed by atoms with Gasteiger partial charge in [0.05, 0.1) is 33.6 Å². The highest BCUT2D eigenvalue weighted by atomic mass is 32.2. The lowest BCUT2D eigenvalue weighted by atomic mass is 10.00. The summed E-state index contributed by atoms with van der Waals surface area (Å²) in [6.07, 6.45) is 2.94. The van der Waals surface area contributed by atoms with Crippen LogP contribution in [-0.2, 0) is 9.84 Å². The van der Waals surface area contributed by atoms with Crippen molar-refractivity contribution in [2.24, 2.45) is 5.73 Å². The van der Waals surface area contributed by atoms with Crippen LogP contribution in [-0.4, -0.2) is 29.6 Å². The highest BCUT2D eigenvalue weighted by Gasteiger charge is 2.25. The third kappa shape index (κ3) is 2.77. The van der Waals surface area contributed by atoms with Crippen molar-refractivity contribution in [1.82, 2.24) is 15.0 Å². The maximum atomic E-state index is 12.4. The number of aromatic amines is 2. The molecule has 0 radical (unpaired) electrons. The molecule has 0 saturated carbocycles. The number of fused-ring (bicyclic) bond motifs is 2. The third-order valence-electron chi connectivity index (χ3n) is 4.68. The molecule has 1 atom stereocenters. The first-order valence-corrected chi connectivity index (χ1v) is 10.1. The molecule has 27 heavy (non-hydrogen) atoms. The van der Waals surface area contributed by atoms with E-state index in [0.717, 1.165) is 16.5 Å². The number of nitrogens with one attached hydrogen (secondary N) is 2. The van der Waals surface area contributed by atoms with E-state index in [2.05, 4.69) is 21.0 Å². The molecular weight excluding hydrogens is 362 g/mol. The SMILES string of the molecule is Cc1cc(S(C)(=O)=O)c(C(N)c2nc3ccc(C#N)cc3[nH]2)c2cc[nH]c12. The molecule has 0 amide bonds. The van der Waals surface area contributed by atoms with Crippen molar-refractivity contribution in [2.45, 2.75) is 17.9 Å². The van der Waals surface area contributed by atoms with Crippen LogP contribution in [0.2, 0.25) is 0 Å². The van der Waals surface area contributed by atoms with Crippen LogP contribution < -0.4 is 5.73 Å². The maximum Gasteiger partial charge on any atom is 0.175 e. The number of nitriles is 1. The summed E-state index contributed by atoms with van der Waals surface area (Å²) in [4.78, 5) is 11.0. The lowest BCUT2D eigenvalue weighted by molar-refractivity contribution is 0.599. The summed E-state index contributed by atoms with van der Waals surface area (Å²) < 4.78 is 24.9. The van der Waals surface area contributed by atoms with Crippen molar-refractivity contribution in [3.63, 3.8) is 0 Å². The van der Waals surface area contributed by atoms with Crippen molar-refractivity contribution >= 4 is 31.8 Å². The first-order valence-electron chi connectivity index (χ1n) is 8.25. The molecule has 4 aromatic rings. The predicted octanol–water partition coefficient (Wildman–Crippen LogP) is 2.68. The summed E-state index contributed by atoms with van der Waals surface area (Å²) in [7, 11) is -3.50. The lowest BCUT2D eigenvalue weighted by Crippen LogP contribution is -2.18. The van der Waals surface area contributed by atoms with Gasteiger partial charge in [-0.05, 0) is 42.8 Å². The van der Waals surface area contributed by atoms with Crippen molar-refractivity contribution in [2.75, 3.05) is 6.26 Å². The van der Waals surface area contributed by atoms with Gasteiger partial charge < -0.3 is 15.7 Å². The molecule has 2 heterocycles. The number of benzene rings is 2. The molecule has 0 saturated heterocycles. The van der Waals surface area contributed by atoms with Crippen molar-refractivity contribution in [1.29, 1.82) is 5.26 Å². The van der Waals surface area contributed by atoms with E-state index < -0.39 is 15.9 Å². The van der Waals surface area contributed by atoms with E-state index in [1.807, 2.05) is 13.0 Å². The zero-order valence-electron chi connectivity index (χ0n) is 14.7. The van der Waals surface area contributed by atoms with Crippen LogP contribution >= 0.6 is 0 Å². The third-order valence-corrected chi connectivity index (χ3v) is 5.82. The summed E-state index contributed by atoms with van der Waals surface area (Å²) in [5.41, 5.74) is 10.5. The molecule has 7 nitrogen and oxygen atoms in total. The Morgan fingerprint density at radius 3 is 2.74 bits per heavy atom. The lowest BCUT2D eigenvalue weighted by Gasteiger charge is -2.16. The summed E-state index contributed by atoms with van der Waals surface area (Å²) >= 11 is 0. The fraction of sp³-hybridized carbons (Fsp3) is 0.158. The van der Waals surface area contributed by atoms with Gasteiger partial charge in [0.2, 0.25) is 0 Å². The second-order valence-electron chi connectivity index (χ2n) is 6.59. The second kappa shape index (κ2) is 5.94. The topological polar surface area (TPSA) is 128 Å². The van der Waals surface area contributed by atoms with Gasteiger partial charge in [-0.15, -0.1) is 0 Å². The minimum Gasteiger partial charge on any atom is -0.361 e. The quantitative estimate of drug-likeness (QED) is 0.504. The number of sulfone groups is 1. The fourth-order valence-electron chi connectivity index (χ4n) is 3.41. The number of hydrogen-bond donors (Lipinski definition) is 3. The monoisotopic (exact) mass is 379 g/mol. The highest BCUT2D eigenvalue weighted by Crippen LogP contribution is 2.34. The number of rotatable bonds is 3. The first kappa shape index (κ1) is 17.3. The van der Waals surface area contributed by atoms with Crippen molar-refractivity contribution < 1.29 is 8.42 Å². The van der Waals surface area contributed by atoms with Gasteiger partial charge >= 0.3 is 0 Å². The van der Waals surface area contributed by atoms with Gasteiger partial charge in [0.25, 0.3) is 0 Å². The number of aryl methyl sites for hydroxylation is 1. The van der Waals surface area contributed by atoms with Gasteiger partial charge in [-0.25, -0.2) is 13.4 Å². The molecule has 0 spiro atoms. The molecule has 8 heteroatoms. The molecule has 2 aromatic carbocycles. The number of nitrogens with two attached hydrogens (primary N) is 1. The Morgan fingerprint density at radius 2 is 2.04 bits per heavy atom. The van der Waals surface area contributed by atoms with E-state index in [1.54, 1.807) is 30.5 Å². The smallest absolute Gasteiger partial charge is 0.175 e. The summed E-state index contributed by atoms with van der Waals surface area (Å²) in [6, 6.07) is 9.88. The Morgan fingerprint density at radius 1 is 1.26 bits per heavy atom. The van der Waals surface area contributed by atoms with Crippen LogP contribution in [0.3, 0.4) is 0 Å². The predicted molar refractivity (Wildman–Crippen MR) is 103 cm³/mol. The molecule has 0 bridgehead atoms. The molecule has 0 aliphatic rings. The van der Waals surface area contributed by atoms with E-state index in [1.165, 1.54) is 6.26 Å². The normalized spacial score (nSPS) is 13.1. The summed E-state index contributed by atoms with van der Waals surface area (Å²) in [5.74, 6) is 0.441. The minimum absolute atomic E-state index is 0.192. The van der Waals surface area contributed by atoms with Crippen molar-refractivity contribution in [3.05, 3.63) is 59.0 Å². The van der Waals surface area contributed by atoms with Gasteiger partial charge in [0.15, 0.2) is 9.84 Å². The molecule has 1 unspecified atom stereocenters. The molecule has 136 valence electrons. The van der Waals surface area contributed by atoms with E-state index in [0.29, 0.717) is 28.0 Å². The first-order chi connectivity index (χ1) is 12.8. The number of H-pyrrole nitrogens is 2. The Kier molecular flexibility index (Phi) is 3.80. The number of nitrogens with zero attached hydrogens (tertiary/aromatic N) is 2. The molecule has 0 aliphatic heterocycles. The Hall–Kier alpha value is -3.15. The molecular formula is C19H17N5O2S. The van der Waals surface area contributed by atoms with Gasteiger partial charge in [0, 0.05) is 28.9 Å². The number of imidazole rings is 1. The zero-order chi connectivity index (χ0) is 19.3. The molecule has 4 rings (SSSR count). The van der Waals surface area contributed by atoms with Crippen LogP contribution in [0.5, 0.6) is 0 Å². The van der Waals surface area contributed by atoms with Crippen LogP contribution in [0.15, 0.2) is 41.4 Å². The number of hydrogen-bond acceptors (Lipinski definition) is 5. The van der Waals surface area contributed by atoms with Gasteiger partial charge in [0.1, 0.15) is 5.82 Å². The van der Waals surface area contributed by atoms with E-state index in [4.69, 9.17) is 11.0 Å². The van der Waals surface area contributed by atoms with Crippen LogP contribution in [0.1, 0.15) is 28.6 Å². The molecule has 0 fully saturated rings. The largest absolute Gasteiger partial charge is 0.361 e. The average molecular weight is 379 g/mol. The summed E-state index contributed by atoms with van der Waals surface area (Å²) in [5, 5.41) is 9.81. The fourth-order valence-corrected chi connectivity index (χ4v) is 4.44. The molecule has 4 N–H and O–H groups in total. The van der Waals surface area contributed by atoms with E-state index in [9.17, 15) is 8.42 Å². The Balaban J connectivity index is 1.98. The standard InChI is InChI=1S/C19H17N5O2S/c1-10-7-15(27(2,25)26)16(12-5-6-22-18(10)12)17(21)19-23-13-4-3-11(9-20)8-14(13)24-19/h3-8,17,22H,21H2,1-2H3,(H,23,24). The minimum atomic E-state index is -3.50. The van der Waals surface area contributed by atoms with Gasteiger partial charge in [-0.3, -0.25) is 0 Å². The van der Waals surface area contributed by atoms with Crippen molar-refractivity contribution in [3.8, 4) is 6.07 Å². The maximum absolute atomic E-state index is 12.4. The zero-order valence-corrected chi connectivity index (χ0v) is 15.6. The Labute approximate surface area is 155 Å². The van der Waals surface area contributed by atoms with Crippen LogP contribution in [0.4, 0.5) is 0 Å². The molecule has 0 aliphatic carbocycles. The average Bonchev–Trinajstić information content (AvgIpc) is 3.26. The van der Waals surface area contributed by atoms with Crippen LogP contribution in [0, 0.1) is 18.3 Å². The van der Waals surface area contributed by atoms with Gasteiger partial charge in [-0.2, -0.15) is 5.26 Å². The molecule has 2 aromatic heterocycles.